The highest BCUT2D eigenvalue weighted by atomic mass is 16.1. The van der Waals surface area contributed by atoms with Gasteiger partial charge < -0.3 is 0 Å². The van der Waals surface area contributed by atoms with Crippen LogP contribution in [0.25, 0.3) is 11.1 Å². The van der Waals surface area contributed by atoms with Crippen LogP contribution >= 0.6 is 0 Å². The number of hydrogen-bond donors (Lipinski definition) is 0. The number of carbonyl (C=O) groups is 1. The molecular formula is C17H16O. The summed E-state index contributed by atoms with van der Waals surface area (Å²) >= 11 is 0. The van der Waals surface area contributed by atoms with E-state index in [9.17, 15) is 4.79 Å². The van der Waals surface area contributed by atoms with Crippen molar-refractivity contribution in [1.82, 2.24) is 0 Å². The summed E-state index contributed by atoms with van der Waals surface area (Å²) < 4.78 is 0. The minimum absolute atomic E-state index is 0.0880. The van der Waals surface area contributed by atoms with Crippen molar-refractivity contribution in [2.24, 2.45) is 5.41 Å². The van der Waals surface area contributed by atoms with Gasteiger partial charge in [-0.05, 0) is 30.0 Å². The molecule has 2 aromatic carbocycles. The predicted octanol–water partition coefficient (Wildman–Crippen LogP) is 4.34. The quantitative estimate of drug-likeness (QED) is 0.725. The highest BCUT2D eigenvalue weighted by Gasteiger charge is 2.44. The Labute approximate surface area is 107 Å². The van der Waals surface area contributed by atoms with Gasteiger partial charge in [0.1, 0.15) is 0 Å². The van der Waals surface area contributed by atoms with Crippen molar-refractivity contribution in [2.75, 3.05) is 0 Å². The Kier molecular flexibility index (Phi) is 2.55. The molecule has 90 valence electrons. The summed E-state index contributed by atoms with van der Waals surface area (Å²) in [4.78, 5) is 12.3. The number of rotatable bonds is 3. The third-order valence-corrected chi connectivity index (χ3v) is 3.78. The Morgan fingerprint density at radius 1 is 0.944 bits per heavy atom. The number of benzene rings is 2. The molecule has 0 N–H and O–H groups in total. The average molecular weight is 236 g/mol. The van der Waals surface area contributed by atoms with Gasteiger partial charge in [0, 0.05) is 11.0 Å². The van der Waals surface area contributed by atoms with Crippen molar-refractivity contribution in [3.63, 3.8) is 0 Å². The molecule has 2 aromatic rings. The van der Waals surface area contributed by atoms with E-state index >= 15 is 0 Å². The van der Waals surface area contributed by atoms with E-state index in [4.69, 9.17) is 0 Å². The van der Waals surface area contributed by atoms with E-state index < -0.39 is 0 Å². The molecule has 0 heterocycles. The van der Waals surface area contributed by atoms with Gasteiger partial charge in [-0.15, -0.1) is 0 Å². The smallest absolute Gasteiger partial charge is 0.168 e. The Morgan fingerprint density at radius 2 is 1.61 bits per heavy atom. The molecular weight excluding hydrogens is 220 g/mol. The first kappa shape index (κ1) is 11.2. The second kappa shape index (κ2) is 4.09. The van der Waals surface area contributed by atoms with Crippen molar-refractivity contribution in [2.45, 2.75) is 19.8 Å². The first-order valence-electron chi connectivity index (χ1n) is 6.39. The van der Waals surface area contributed by atoms with E-state index in [1.807, 2.05) is 36.4 Å². The molecule has 0 aromatic heterocycles. The summed E-state index contributed by atoms with van der Waals surface area (Å²) in [5.41, 5.74) is 3.03. The van der Waals surface area contributed by atoms with Crippen LogP contribution < -0.4 is 0 Å². The zero-order chi connectivity index (χ0) is 12.6. The van der Waals surface area contributed by atoms with Gasteiger partial charge in [0.15, 0.2) is 5.78 Å². The Morgan fingerprint density at radius 3 is 2.28 bits per heavy atom. The molecule has 18 heavy (non-hydrogen) atoms. The van der Waals surface area contributed by atoms with Crippen LogP contribution in [-0.2, 0) is 0 Å². The maximum atomic E-state index is 12.3. The zero-order valence-electron chi connectivity index (χ0n) is 10.5. The fraction of sp³-hybridized carbons (Fsp3) is 0.235. The van der Waals surface area contributed by atoms with Gasteiger partial charge in [-0.25, -0.2) is 0 Å². The average Bonchev–Trinajstić information content (AvgIpc) is 3.18. The molecule has 0 amide bonds. The van der Waals surface area contributed by atoms with Gasteiger partial charge in [-0.3, -0.25) is 4.79 Å². The first-order chi connectivity index (χ1) is 8.69. The highest BCUT2D eigenvalue weighted by molar-refractivity contribution is 6.02. The molecule has 0 aliphatic heterocycles. The lowest BCUT2D eigenvalue weighted by Crippen LogP contribution is -2.11. The normalized spacial score (nSPS) is 16.3. The molecule has 3 rings (SSSR count). The lowest BCUT2D eigenvalue weighted by atomic mass is 9.94. The standard InChI is InChI=1S/C17H16O/c1-17(10-11-17)16(18)15-9-5-8-14(12-15)13-6-3-2-4-7-13/h2-9,12H,10-11H2,1H3. The van der Waals surface area contributed by atoms with Crippen LogP contribution in [0.15, 0.2) is 54.6 Å². The highest BCUT2D eigenvalue weighted by Crippen LogP contribution is 2.47. The summed E-state index contributed by atoms with van der Waals surface area (Å²) in [6, 6.07) is 18.2. The van der Waals surface area contributed by atoms with Gasteiger partial charge in [0.25, 0.3) is 0 Å². The van der Waals surface area contributed by atoms with Crippen LogP contribution in [0, 0.1) is 5.41 Å². The first-order valence-corrected chi connectivity index (χ1v) is 6.39. The van der Waals surface area contributed by atoms with Crippen molar-refractivity contribution in [3.05, 3.63) is 60.2 Å². The van der Waals surface area contributed by atoms with Crippen LogP contribution in [-0.4, -0.2) is 5.78 Å². The maximum absolute atomic E-state index is 12.3. The fourth-order valence-corrected chi connectivity index (χ4v) is 2.23. The molecule has 1 fully saturated rings. The summed E-state index contributed by atoms with van der Waals surface area (Å²) in [5.74, 6) is 0.292. The number of hydrogen-bond acceptors (Lipinski definition) is 1. The fourth-order valence-electron chi connectivity index (χ4n) is 2.23. The van der Waals surface area contributed by atoms with Crippen molar-refractivity contribution in [1.29, 1.82) is 0 Å². The van der Waals surface area contributed by atoms with Gasteiger partial charge in [0.05, 0.1) is 0 Å². The van der Waals surface area contributed by atoms with Gasteiger partial charge in [-0.2, -0.15) is 0 Å². The van der Waals surface area contributed by atoms with E-state index in [1.54, 1.807) is 0 Å². The molecule has 0 unspecified atom stereocenters. The molecule has 1 aliphatic rings. The van der Waals surface area contributed by atoms with Crippen molar-refractivity contribution in [3.8, 4) is 11.1 Å². The summed E-state index contributed by atoms with van der Waals surface area (Å²) in [5, 5.41) is 0. The minimum Gasteiger partial charge on any atom is -0.294 e. The number of Topliss-reactive ketones (excluding diaryl/α,β-unsaturated/α-hetero) is 1. The molecule has 0 atom stereocenters. The van der Waals surface area contributed by atoms with Crippen LogP contribution in [0.2, 0.25) is 0 Å². The SMILES string of the molecule is CC1(C(=O)c2cccc(-c3ccccc3)c2)CC1. The molecule has 1 nitrogen and oxygen atoms in total. The van der Waals surface area contributed by atoms with Crippen LogP contribution in [0.1, 0.15) is 30.1 Å². The van der Waals surface area contributed by atoms with Crippen LogP contribution in [0.5, 0.6) is 0 Å². The number of carbonyl (C=O) groups excluding carboxylic acids is 1. The topological polar surface area (TPSA) is 17.1 Å². The van der Waals surface area contributed by atoms with E-state index in [0.717, 1.165) is 29.5 Å². The molecule has 0 spiro atoms. The monoisotopic (exact) mass is 236 g/mol. The maximum Gasteiger partial charge on any atom is 0.168 e. The molecule has 0 radical (unpaired) electrons. The lowest BCUT2D eigenvalue weighted by Gasteiger charge is -2.09. The Hall–Kier alpha value is -1.89. The number of ketones is 1. The van der Waals surface area contributed by atoms with Crippen molar-refractivity contribution >= 4 is 5.78 Å². The zero-order valence-corrected chi connectivity index (χ0v) is 10.5. The van der Waals surface area contributed by atoms with E-state index in [1.165, 1.54) is 0 Å². The van der Waals surface area contributed by atoms with Crippen LogP contribution in [0.3, 0.4) is 0 Å². The van der Waals surface area contributed by atoms with Gasteiger partial charge in [-0.1, -0.05) is 55.5 Å². The van der Waals surface area contributed by atoms with E-state index in [0.29, 0.717) is 5.78 Å². The predicted molar refractivity (Wildman–Crippen MR) is 73.5 cm³/mol. The van der Waals surface area contributed by atoms with Crippen LogP contribution in [0.4, 0.5) is 0 Å². The van der Waals surface area contributed by atoms with Gasteiger partial charge in [0.2, 0.25) is 0 Å². The van der Waals surface area contributed by atoms with Gasteiger partial charge >= 0.3 is 0 Å². The summed E-state index contributed by atoms with van der Waals surface area (Å²) in [7, 11) is 0. The largest absolute Gasteiger partial charge is 0.294 e. The van der Waals surface area contributed by atoms with E-state index in [-0.39, 0.29) is 5.41 Å². The molecule has 1 saturated carbocycles. The second-order valence-corrected chi connectivity index (χ2v) is 5.34. The minimum atomic E-state index is -0.0880. The molecule has 1 heteroatoms. The Balaban J connectivity index is 1.97. The second-order valence-electron chi connectivity index (χ2n) is 5.34. The summed E-state index contributed by atoms with van der Waals surface area (Å²) in [6.45, 7) is 2.06. The third-order valence-electron chi connectivity index (χ3n) is 3.78. The molecule has 0 saturated heterocycles. The third kappa shape index (κ3) is 1.97. The lowest BCUT2D eigenvalue weighted by molar-refractivity contribution is 0.0912. The molecule has 0 bridgehead atoms. The Bertz CT molecular complexity index is 580. The van der Waals surface area contributed by atoms with E-state index in [2.05, 4.69) is 25.1 Å². The van der Waals surface area contributed by atoms with Crippen molar-refractivity contribution < 1.29 is 4.79 Å². The molecule has 1 aliphatic carbocycles. The summed E-state index contributed by atoms with van der Waals surface area (Å²) in [6.07, 6.45) is 2.06.